The van der Waals surface area contributed by atoms with Crippen LogP contribution in [0.15, 0.2) is 42.5 Å². The molecule has 5 heteroatoms. The van der Waals surface area contributed by atoms with Crippen LogP contribution in [0.2, 0.25) is 0 Å². The highest BCUT2D eigenvalue weighted by molar-refractivity contribution is 5.66. The Morgan fingerprint density at radius 3 is 2.10 bits per heavy atom. The maximum Gasteiger partial charge on any atom is 0.416 e. The Hall–Kier alpha value is -2.01. The maximum absolute atomic E-state index is 12.5. The summed E-state index contributed by atoms with van der Waals surface area (Å²) < 4.78 is 42.7. The van der Waals surface area contributed by atoms with Gasteiger partial charge in [-0.15, -0.1) is 0 Å². The van der Waals surface area contributed by atoms with Crippen LogP contribution in [0.3, 0.4) is 0 Å². The van der Waals surface area contributed by atoms with Crippen LogP contribution < -0.4 is 10.5 Å². The van der Waals surface area contributed by atoms with Gasteiger partial charge in [0.1, 0.15) is 5.75 Å². The molecule has 0 heterocycles. The summed E-state index contributed by atoms with van der Waals surface area (Å²) in [6.45, 7) is 0.303. The third-order valence-electron chi connectivity index (χ3n) is 3.05. The van der Waals surface area contributed by atoms with Crippen molar-refractivity contribution in [3.8, 4) is 16.9 Å². The lowest BCUT2D eigenvalue weighted by Gasteiger charge is -2.11. The van der Waals surface area contributed by atoms with Gasteiger partial charge in [0.15, 0.2) is 0 Å². The zero-order chi connectivity index (χ0) is 14.8. The van der Waals surface area contributed by atoms with Crippen LogP contribution in [0.25, 0.3) is 11.1 Å². The van der Waals surface area contributed by atoms with Crippen molar-refractivity contribution in [2.75, 3.05) is 7.11 Å². The predicted molar refractivity (Wildman–Crippen MR) is 71.3 cm³/mol. The molecule has 0 fully saturated rings. The van der Waals surface area contributed by atoms with Gasteiger partial charge in [-0.3, -0.25) is 0 Å². The van der Waals surface area contributed by atoms with E-state index in [0.717, 1.165) is 23.3 Å². The first-order valence-corrected chi connectivity index (χ1v) is 6.00. The van der Waals surface area contributed by atoms with Gasteiger partial charge in [0, 0.05) is 12.1 Å². The fraction of sp³-hybridized carbons (Fsp3) is 0.200. The van der Waals surface area contributed by atoms with Crippen LogP contribution in [-0.4, -0.2) is 7.11 Å². The average molecular weight is 281 g/mol. The van der Waals surface area contributed by atoms with Crippen LogP contribution in [0.1, 0.15) is 11.1 Å². The molecule has 0 aliphatic heterocycles. The average Bonchev–Trinajstić information content (AvgIpc) is 2.45. The molecule has 0 aromatic heterocycles. The van der Waals surface area contributed by atoms with Crippen LogP contribution in [0, 0.1) is 0 Å². The van der Waals surface area contributed by atoms with Crippen LogP contribution in [0.5, 0.6) is 5.75 Å². The molecule has 0 saturated carbocycles. The van der Waals surface area contributed by atoms with E-state index in [4.69, 9.17) is 10.5 Å². The minimum absolute atomic E-state index is 0.303. The first-order chi connectivity index (χ1) is 9.45. The molecular weight excluding hydrogens is 267 g/mol. The first kappa shape index (κ1) is 14.4. The highest BCUT2D eigenvalue weighted by atomic mass is 19.4. The van der Waals surface area contributed by atoms with Gasteiger partial charge in [-0.05, 0) is 35.4 Å². The smallest absolute Gasteiger partial charge is 0.416 e. The second-order valence-corrected chi connectivity index (χ2v) is 4.31. The van der Waals surface area contributed by atoms with Crippen molar-refractivity contribution in [1.29, 1.82) is 0 Å². The lowest BCUT2D eigenvalue weighted by Crippen LogP contribution is -2.04. The summed E-state index contributed by atoms with van der Waals surface area (Å²) in [5.41, 5.74) is 7.29. The highest BCUT2D eigenvalue weighted by Gasteiger charge is 2.29. The number of nitrogens with two attached hydrogens (primary N) is 1. The molecular formula is C15H14F3NO. The molecule has 2 aromatic rings. The third-order valence-corrected chi connectivity index (χ3v) is 3.05. The predicted octanol–water partition coefficient (Wildman–Crippen LogP) is 3.84. The van der Waals surface area contributed by atoms with E-state index in [9.17, 15) is 13.2 Å². The number of rotatable bonds is 3. The van der Waals surface area contributed by atoms with E-state index < -0.39 is 11.7 Å². The molecule has 0 radical (unpaired) electrons. The minimum Gasteiger partial charge on any atom is -0.496 e. The lowest BCUT2D eigenvalue weighted by atomic mass is 10.0. The number of alkyl halides is 3. The fourth-order valence-corrected chi connectivity index (χ4v) is 1.97. The van der Waals surface area contributed by atoms with Gasteiger partial charge in [0.25, 0.3) is 0 Å². The van der Waals surface area contributed by atoms with E-state index in [1.165, 1.54) is 12.1 Å². The first-order valence-electron chi connectivity index (χ1n) is 6.00. The van der Waals surface area contributed by atoms with Gasteiger partial charge in [-0.25, -0.2) is 0 Å². The van der Waals surface area contributed by atoms with Crippen molar-refractivity contribution in [3.05, 3.63) is 53.6 Å². The topological polar surface area (TPSA) is 35.2 Å². The summed E-state index contributed by atoms with van der Waals surface area (Å²) in [7, 11) is 1.55. The van der Waals surface area contributed by atoms with Crippen molar-refractivity contribution in [1.82, 2.24) is 0 Å². The van der Waals surface area contributed by atoms with E-state index in [1.807, 2.05) is 6.07 Å². The Balaban J connectivity index is 2.37. The summed E-state index contributed by atoms with van der Waals surface area (Å²) in [4.78, 5) is 0. The fourth-order valence-electron chi connectivity index (χ4n) is 1.97. The standard InChI is InChI=1S/C15H14F3NO/c1-20-14-7-4-11(8-12(14)9-19)10-2-5-13(6-3-10)15(16,17)18/h2-8H,9,19H2,1H3. The summed E-state index contributed by atoms with van der Waals surface area (Å²) >= 11 is 0. The number of halogens is 3. The van der Waals surface area contributed by atoms with Crippen LogP contribution >= 0.6 is 0 Å². The molecule has 2 rings (SSSR count). The van der Waals surface area contributed by atoms with Gasteiger partial charge in [-0.2, -0.15) is 13.2 Å². The number of benzene rings is 2. The summed E-state index contributed by atoms with van der Waals surface area (Å²) in [6, 6.07) is 10.4. The number of ether oxygens (including phenoxy) is 1. The van der Waals surface area contributed by atoms with Crippen molar-refractivity contribution in [2.45, 2.75) is 12.7 Å². The summed E-state index contributed by atoms with van der Waals surface area (Å²) in [6.07, 6.45) is -4.32. The SMILES string of the molecule is COc1ccc(-c2ccc(C(F)(F)F)cc2)cc1CN. The van der Waals surface area contributed by atoms with Gasteiger partial charge in [0.2, 0.25) is 0 Å². The second kappa shape index (κ2) is 5.54. The van der Waals surface area contributed by atoms with E-state index in [-0.39, 0.29) is 0 Å². The normalized spacial score (nSPS) is 11.4. The van der Waals surface area contributed by atoms with Gasteiger partial charge >= 0.3 is 6.18 Å². The molecule has 0 unspecified atom stereocenters. The Morgan fingerprint density at radius 2 is 1.60 bits per heavy atom. The second-order valence-electron chi connectivity index (χ2n) is 4.31. The van der Waals surface area contributed by atoms with E-state index >= 15 is 0 Å². The monoisotopic (exact) mass is 281 g/mol. The molecule has 106 valence electrons. The molecule has 2 aromatic carbocycles. The van der Waals surface area contributed by atoms with E-state index in [0.29, 0.717) is 17.9 Å². The van der Waals surface area contributed by atoms with Gasteiger partial charge < -0.3 is 10.5 Å². The maximum atomic E-state index is 12.5. The van der Waals surface area contributed by atoms with Crippen molar-refractivity contribution in [2.24, 2.45) is 5.73 Å². The van der Waals surface area contributed by atoms with E-state index in [1.54, 1.807) is 19.2 Å². The summed E-state index contributed by atoms with van der Waals surface area (Å²) in [5.74, 6) is 0.670. The lowest BCUT2D eigenvalue weighted by molar-refractivity contribution is -0.137. The Bertz CT molecular complexity index is 591. The quantitative estimate of drug-likeness (QED) is 0.927. The third kappa shape index (κ3) is 2.93. The molecule has 0 spiro atoms. The Morgan fingerprint density at radius 1 is 1.00 bits per heavy atom. The summed E-state index contributed by atoms with van der Waals surface area (Å²) in [5, 5.41) is 0. The highest BCUT2D eigenvalue weighted by Crippen LogP contribution is 2.32. The van der Waals surface area contributed by atoms with Gasteiger partial charge in [0.05, 0.1) is 12.7 Å². The van der Waals surface area contributed by atoms with Crippen molar-refractivity contribution >= 4 is 0 Å². The molecule has 2 N–H and O–H groups in total. The molecule has 0 saturated heterocycles. The molecule has 0 aliphatic carbocycles. The van der Waals surface area contributed by atoms with Crippen LogP contribution in [0.4, 0.5) is 13.2 Å². The zero-order valence-electron chi connectivity index (χ0n) is 10.9. The molecule has 0 aliphatic rings. The number of hydrogen-bond donors (Lipinski definition) is 1. The van der Waals surface area contributed by atoms with Crippen LogP contribution in [-0.2, 0) is 12.7 Å². The number of methoxy groups -OCH3 is 1. The molecule has 0 bridgehead atoms. The van der Waals surface area contributed by atoms with Gasteiger partial charge in [-0.1, -0.05) is 18.2 Å². The largest absolute Gasteiger partial charge is 0.496 e. The van der Waals surface area contributed by atoms with Crippen molar-refractivity contribution < 1.29 is 17.9 Å². The van der Waals surface area contributed by atoms with E-state index in [2.05, 4.69) is 0 Å². The minimum atomic E-state index is -4.32. The molecule has 0 amide bonds. The molecule has 20 heavy (non-hydrogen) atoms. The zero-order valence-corrected chi connectivity index (χ0v) is 10.9. The number of hydrogen-bond acceptors (Lipinski definition) is 2. The Kier molecular flexibility index (Phi) is 3.99. The molecule has 0 atom stereocenters. The molecule has 2 nitrogen and oxygen atoms in total. The van der Waals surface area contributed by atoms with Crippen molar-refractivity contribution in [3.63, 3.8) is 0 Å². The Labute approximate surface area is 115 Å².